The normalized spacial score (nSPS) is 19.2. The first-order valence-electron chi connectivity index (χ1n) is 13.0. The molecule has 1 unspecified atom stereocenters. The maximum atomic E-state index is 13.8. The average Bonchev–Trinajstić information content (AvgIpc) is 2.84. The van der Waals surface area contributed by atoms with Crippen LogP contribution < -0.4 is 16.1 Å². The van der Waals surface area contributed by atoms with E-state index < -0.39 is 41.6 Å². The summed E-state index contributed by atoms with van der Waals surface area (Å²) in [5.41, 5.74) is 0.550. The van der Waals surface area contributed by atoms with Gasteiger partial charge in [0, 0.05) is 6.54 Å². The van der Waals surface area contributed by atoms with E-state index in [1.807, 2.05) is 35.8 Å². The quantitative estimate of drug-likeness (QED) is 0.217. The van der Waals surface area contributed by atoms with Gasteiger partial charge in [0.25, 0.3) is 0 Å². The van der Waals surface area contributed by atoms with Gasteiger partial charge in [0.05, 0.1) is 12.0 Å². The van der Waals surface area contributed by atoms with Gasteiger partial charge < -0.3 is 20.1 Å². The van der Waals surface area contributed by atoms with Crippen LogP contribution in [-0.4, -0.2) is 48.2 Å². The SMILES string of the molecule is CC(C)C(NC(=O)OC(C)(C)C)/C(=N\NC(=O)NCC1CCC(C(=O)OCc2ccccc2)CC1)C(F)(F)F. The molecule has 0 bridgehead atoms. The van der Waals surface area contributed by atoms with Gasteiger partial charge in [0.1, 0.15) is 12.2 Å². The minimum Gasteiger partial charge on any atom is -0.461 e. The van der Waals surface area contributed by atoms with E-state index in [4.69, 9.17) is 9.47 Å². The Morgan fingerprint density at radius 1 is 1.03 bits per heavy atom. The van der Waals surface area contributed by atoms with E-state index in [-0.39, 0.29) is 31.0 Å². The van der Waals surface area contributed by atoms with E-state index in [9.17, 15) is 27.6 Å². The number of halogens is 3. The molecule has 218 valence electrons. The van der Waals surface area contributed by atoms with Gasteiger partial charge in [-0.05, 0) is 63.9 Å². The number of carbonyl (C=O) groups excluding carboxylic acids is 3. The predicted molar refractivity (Wildman–Crippen MR) is 140 cm³/mol. The molecule has 9 nitrogen and oxygen atoms in total. The molecule has 1 aliphatic carbocycles. The van der Waals surface area contributed by atoms with Gasteiger partial charge >= 0.3 is 24.3 Å². The Kier molecular flexibility index (Phi) is 11.6. The number of urea groups is 1. The van der Waals surface area contributed by atoms with Crippen LogP contribution in [0.1, 0.15) is 65.9 Å². The minimum atomic E-state index is -4.91. The molecule has 1 aliphatic rings. The van der Waals surface area contributed by atoms with Crippen molar-refractivity contribution >= 4 is 23.8 Å². The van der Waals surface area contributed by atoms with Crippen LogP contribution in [0.15, 0.2) is 35.4 Å². The second-order valence-electron chi connectivity index (χ2n) is 11.0. The van der Waals surface area contributed by atoms with E-state index in [0.29, 0.717) is 25.7 Å². The van der Waals surface area contributed by atoms with Crippen LogP contribution in [0.2, 0.25) is 0 Å². The molecule has 1 saturated carbocycles. The first-order valence-corrected chi connectivity index (χ1v) is 13.0. The molecule has 3 N–H and O–H groups in total. The van der Waals surface area contributed by atoms with Gasteiger partial charge in [-0.25, -0.2) is 15.0 Å². The van der Waals surface area contributed by atoms with Crippen molar-refractivity contribution in [1.29, 1.82) is 0 Å². The first kappa shape index (κ1) is 31.9. The highest BCUT2D eigenvalue weighted by Crippen LogP contribution is 2.29. The zero-order valence-corrected chi connectivity index (χ0v) is 23.1. The summed E-state index contributed by atoms with van der Waals surface area (Å²) >= 11 is 0. The molecule has 0 spiro atoms. The summed E-state index contributed by atoms with van der Waals surface area (Å²) in [5.74, 6) is -1.10. The van der Waals surface area contributed by atoms with Crippen LogP contribution in [0.5, 0.6) is 0 Å². The van der Waals surface area contributed by atoms with E-state index >= 15 is 0 Å². The first-order chi connectivity index (χ1) is 18.2. The lowest BCUT2D eigenvalue weighted by Gasteiger charge is -2.28. The third-order valence-corrected chi connectivity index (χ3v) is 6.16. The zero-order chi connectivity index (χ0) is 29.2. The number of hydrogen-bond acceptors (Lipinski definition) is 6. The number of nitrogens with one attached hydrogen (secondary N) is 3. The van der Waals surface area contributed by atoms with Crippen LogP contribution in [0.25, 0.3) is 0 Å². The van der Waals surface area contributed by atoms with Gasteiger partial charge in [0.15, 0.2) is 5.71 Å². The average molecular weight is 557 g/mol. The van der Waals surface area contributed by atoms with Crippen molar-refractivity contribution in [3.05, 3.63) is 35.9 Å². The number of alkyl carbamates (subject to hydrolysis) is 1. The van der Waals surface area contributed by atoms with Gasteiger partial charge in [-0.2, -0.15) is 18.3 Å². The zero-order valence-electron chi connectivity index (χ0n) is 23.1. The van der Waals surface area contributed by atoms with Gasteiger partial charge in [0.2, 0.25) is 0 Å². The Hall–Kier alpha value is -3.31. The molecule has 39 heavy (non-hydrogen) atoms. The lowest BCUT2D eigenvalue weighted by Crippen LogP contribution is -2.52. The molecule has 12 heteroatoms. The monoisotopic (exact) mass is 556 g/mol. The van der Waals surface area contributed by atoms with Crippen LogP contribution in [-0.2, 0) is 20.9 Å². The Morgan fingerprint density at radius 3 is 2.18 bits per heavy atom. The fraction of sp³-hybridized carbons (Fsp3) is 0.630. The molecular formula is C27H39F3N4O5. The number of ether oxygens (including phenoxy) is 2. The predicted octanol–water partition coefficient (Wildman–Crippen LogP) is 5.30. The number of esters is 1. The van der Waals surface area contributed by atoms with Gasteiger partial charge in [-0.1, -0.05) is 44.2 Å². The number of amides is 3. The minimum absolute atomic E-state index is 0.0669. The number of hydrazone groups is 1. The van der Waals surface area contributed by atoms with Crippen molar-refractivity contribution < 1.29 is 37.0 Å². The highest BCUT2D eigenvalue weighted by Gasteiger charge is 2.43. The highest BCUT2D eigenvalue weighted by molar-refractivity contribution is 5.97. The third kappa shape index (κ3) is 11.5. The Morgan fingerprint density at radius 2 is 1.64 bits per heavy atom. The molecule has 1 fully saturated rings. The Labute approximate surface area is 227 Å². The Bertz CT molecular complexity index is 985. The molecule has 1 aromatic rings. The van der Waals surface area contributed by atoms with Crippen molar-refractivity contribution in [2.45, 2.75) is 84.7 Å². The fourth-order valence-corrected chi connectivity index (χ4v) is 4.13. The second kappa shape index (κ2) is 14.2. The summed E-state index contributed by atoms with van der Waals surface area (Å²) in [5, 5.41) is 8.04. The molecular weight excluding hydrogens is 517 g/mol. The number of benzene rings is 1. The molecule has 0 heterocycles. The van der Waals surface area contributed by atoms with Crippen molar-refractivity contribution in [3.63, 3.8) is 0 Å². The second-order valence-corrected chi connectivity index (χ2v) is 11.0. The van der Waals surface area contributed by atoms with Gasteiger partial charge in [-0.15, -0.1) is 0 Å². The molecule has 1 atom stereocenters. The van der Waals surface area contributed by atoms with Crippen molar-refractivity contribution in [2.75, 3.05) is 6.54 Å². The number of carbonyl (C=O) groups is 3. The summed E-state index contributed by atoms with van der Waals surface area (Å²) in [7, 11) is 0. The third-order valence-electron chi connectivity index (χ3n) is 6.16. The smallest absolute Gasteiger partial charge is 0.433 e. The summed E-state index contributed by atoms with van der Waals surface area (Å²) in [6.07, 6.45) is -3.41. The lowest BCUT2D eigenvalue weighted by molar-refractivity contribution is -0.151. The molecule has 0 aromatic heterocycles. The van der Waals surface area contributed by atoms with Gasteiger partial charge in [-0.3, -0.25) is 4.79 Å². The Balaban J connectivity index is 1.85. The highest BCUT2D eigenvalue weighted by atomic mass is 19.4. The molecule has 3 amide bonds. The molecule has 0 radical (unpaired) electrons. The molecule has 2 rings (SSSR count). The number of hydrogen-bond donors (Lipinski definition) is 3. The summed E-state index contributed by atoms with van der Waals surface area (Å²) in [6, 6.07) is 6.94. The molecule has 1 aromatic carbocycles. The van der Waals surface area contributed by atoms with Crippen LogP contribution in [0, 0.1) is 17.8 Å². The standard InChI is InChI=1S/C27H39F3N4O5/c1-17(2)21(32-25(37)39-26(3,4)5)22(27(28,29)30)33-34-24(36)31-15-18-11-13-20(14-12-18)23(35)38-16-19-9-7-6-8-10-19/h6-10,17-18,20-21H,11-16H2,1-5H3,(H,32,37)(H2,31,34,36)/b33-22+. The summed E-state index contributed by atoms with van der Waals surface area (Å²) < 4.78 is 51.8. The molecule has 0 aliphatic heterocycles. The van der Waals surface area contributed by atoms with Crippen molar-refractivity contribution in [2.24, 2.45) is 22.9 Å². The maximum absolute atomic E-state index is 13.8. The van der Waals surface area contributed by atoms with E-state index in [1.165, 1.54) is 13.8 Å². The summed E-state index contributed by atoms with van der Waals surface area (Å²) in [4.78, 5) is 36.7. The van der Waals surface area contributed by atoms with E-state index in [0.717, 1.165) is 5.56 Å². The van der Waals surface area contributed by atoms with E-state index in [2.05, 4.69) is 15.7 Å². The number of alkyl halides is 3. The number of nitrogens with zero attached hydrogens (tertiary/aromatic N) is 1. The number of rotatable bonds is 9. The molecule has 0 saturated heterocycles. The lowest BCUT2D eigenvalue weighted by atomic mass is 9.82. The van der Waals surface area contributed by atoms with Crippen LogP contribution in [0.4, 0.5) is 22.8 Å². The summed E-state index contributed by atoms with van der Waals surface area (Å²) in [6.45, 7) is 8.17. The fourth-order valence-electron chi connectivity index (χ4n) is 4.13. The van der Waals surface area contributed by atoms with Crippen LogP contribution >= 0.6 is 0 Å². The maximum Gasteiger partial charge on any atom is 0.433 e. The van der Waals surface area contributed by atoms with Crippen molar-refractivity contribution in [1.82, 2.24) is 16.1 Å². The topological polar surface area (TPSA) is 118 Å². The van der Waals surface area contributed by atoms with E-state index in [1.54, 1.807) is 20.8 Å². The van der Waals surface area contributed by atoms with Crippen molar-refractivity contribution in [3.8, 4) is 0 Å². The largest absolute Gasteiger partial charge is 0.461 e. The van der Waals surface area contributed by atoms with Crippen LogP contribution in [0.3, 0.4) is 0 Å².